The van der Waals surface area contributed by atoms with Gasteiger partial charge in [-0.2, -0.15) is 0 Å². The van der Waals surface area contributed by atoms with Crippen LogP contribution < -0.4 is 11.1 Å². The number of hydrogen-bond donors (Lipinski definition) is 3. The summed E-state index contributed by atoms with van der Waals surface area (Å²) in [7, 11) is 0. The second kappa shape index (κ2) is 4.49. The van der Waals surface area contributed by atoms with Gasteiger partial charge in [-0.25, -0.2) is 4.98 Å². The number of anilines is 1. The summed E-state index contributed by atoms with van der Waals surface area (Å²) in [6, 6.07) is 3.15. The first-order valence-corrected chi connectivity index (χ1v) is 5.05. The van der Waals surface area contributed by atoms with Crippen molar-refractivity contribution >= 4 is 11.6 Å². The standard InChI is InChI=1S/C11H17N3O2/c1-7(15)11(2,3)14-10(16)9-5-4-8(12)6-13-9/h4-7,15H,12H2,1-3H3,(H,14,16). The smallest absolute Gasteiger partial charge is 0.270 e. The van der Waals surface area contributed by atoms with Crippen molar-refractivity contribution in [2.24, 2.45) is 0 Å². The van der Waals surface area contributed by atoms with Gasteiger partial charge < -0.3 is 16.2 Å². The van der Waals surface area contributed by atoms with Crippen LogP contribution in [-0.4, -0.2) is 27.6 Å². The third-order valence-electron chi connectivity index (χ3n) is 2.50. The molecule has 0 aliphatic carbocycles. The van der Waals surface area contributed by atoms with Gasteiger partial charge in [0.15, 0.2) is 0 Å². The zero-order valence-corrected chi connectivity index (χ0v) is 9.69. The minimum atomic E-state index is -0.694. The Balaban J connectivity index is 2.77. The number of pyridine rings is 1. The highest BCUT2D eigenvalue weighted by molar-refractivity contribution is 5.92. The number of aliphatic hydroxyl groups is 1. The average Bonchev–Trinajstić information content (AvgIpc) is 2.17. The van der Waals surface area contributed by atoms with Crippen molar-refractivity contribution in [3.8, 4) is 0 Å². The summed E-state index contributed by atoms with van der Waals surface area (Å²) < 4.78 is 0. The van der Waals surface area contributed by atoms with Gasteiger partial charge in [-0.05, 0) is 32.9 Å². The third kappa shape index (κ3) is 2.93. The van der Waals surface area contributed by atoms with E-state index in [1.54, 1.807) is 32.9 Å². The van der Waals surface area contributed by atoms with Crippen LogP contribution in [0.4, 0.5) is 5.69 Å². The van der Waals surface area contributed by atoms with E-state index in [4.69, 9.17) is 5.73 Å². The number of aromatic nitrogens is 1. The largest absolute Gasteiger partial charge is 0.397 e. The molecule has 5 heteroatoms. The number of nitrogen functional groups attached to an aromatic ring is 1. The summed E-state index contributed by atoms with van der Waals surface area (Å²) >= 11 is 0. The lowest BCUT2D eigenvalue weighted by Gasteiger charge is -2.29. The molecular weight excluding hydrogens is 206 g/mol. The van der Waals surface area contributed by atoms with Crippen LogP contribution in [0.15, 0.2) is 18.3 Å². The van der Waals surface area contributed by atoms with Gasteiger partial charge in [-0.1, -0.05) is 0 Å². The molecule has 0 aliphatic rings. The second-order valence-electron chi connectivity index (χ2n) is 4.33. The van der Waals surface area contributed by atoms with E-state index in [9.17, 15) is 9.90 Å². The molecule has 5 nitrogen and oxygen atoms in total. The molecule has 1 heterocycles. The summed E-state index contributed by atoms with van der Waals surface area (Å²) in [6.07, 6.45) is 0.773. The van der Waals surface area contributed by atoms with Crippen LogP contribution >= 0.6 is 0 Å². The molecule has 0 saturated heterocycles. The monoisotopic (exact) mass is 223 g/mol. The number of carbonyl (C=O) groups excluding carboxylic acids is 1. The van der Waals surface area contributed by atoms with Crippen LogP contribution in [0.2, 0.25) is 0 Å². The molecule has 0 aliphatic heterocycles. The van der Waals surface area contributed by atoms with Gasteiger partial charge in [0.05, 0.1) is 23.5 Å². The van der Waals surface area contributed by atoms with E-state index in [1.165, 1.54) is 6.20 Å². The molecule has 0 aromatic carbocycles. The fourth-order valence-electron chi connectivity index (χ4n) is 1.00. The van der Waals surface area contributed by atoms with Crippen molar-refractivity contribution in [3.63, 3.8) is 0 Å². The summed E-state index contributed by atoms with van der Waals surface area (Å²) in [5.74, 6) is -0.328. The van der Waals surface area contributed by atoms with Gasteiger partial charge in [-0.15, -0.1) is 0 Å². The number of nitrogens with one attached hydrogen (secondary N) is 1. The van der Waals surface area contributed by atoms with E-state index < -0.39 is 11.6 Å². The minimum Gasteiger partial charge on any atom is -0.397 e. The van der Waals surface area contributed by atoms with Crippen molar-refractivity contribution in [2.45, 2.75) is 32.4 Å². The average molecular weight is 223 g/mol. The highest BCUT2D eigenvalue weighted by atomic mass is 16.3. The molecule has 16 heavy (non-hydrogen) atoms. The lowest BCUT2D eigenvalue weighted by molar-refractivity contribution is 0.0705. The molecule has 0 radical (unpaired) electrons. The van der Waals surface area contributed by atoms with Crippen LogP contribution in [0.25, 0.3) is 0 Å². The van der Waals surface area contributed by atoms with E-state index >= 15 is 0 Å². The van der Waals surface area contributed by atoms with Gasteiger partial charge in [0.2, 0.25) is 0 Å². The quantitative estimate of drug-likeness (QED) is 0.698. The van der Waals surface area contributed by atoms with Crippen molar-refractivity contribution in [3.05, 3.63) is 24.0 Å². The molecule has 0 saturated carbocycles. The minimum absolute atomic E-state index is 0.280. The van der Waals surface area contributed by atoms with E-state index in [2.05, 4.69) is 10.3 Å². The van der Waals surface area contributed by atoms with E-state index in [0.717, 1.165) is 0 Å². The maximum Gasteiger partial charge on any atom is 0.270 e. The fraction of sp³-hybridized carbons (Fsp3) is 0.455. The maximum absolute atomic E-state index is 11.8. The van der Waals surface area contributed by atoms with E-state index in [-0.39, 0.29) is 11.6 Å². The Morgan fingerprint density at radius 3 is 2.62 bits per heavy atom. The number of nitrogens with zero attached hydrogens (tertiary/aromatic N) is 1. The summed E-state index contributed by atoms with van der Waals surface area (Å²) in [4.78, 5) is 15.7. The Hall–Kier alpha value is -1.62. The summed E-state index contributed by atoms with van der Waals surface area (Å²) in [5, 5.41) is 12.2. The Labute approximate surface area is 94.7 Å². The first-order valence-electron chi connectivity index (χ1n) is 5.05. The van der Waals surface area contributed by atoms with Crippen LogP contribution in [-0.2, 0) is 0 Å². The van der Waals surface area contributed by atoms with Crippen LogP contribution in [0.5, 0.6) is 0 Å². The normalized spacial score (nSPS) is 13.2. The van der Waals surface area contributed by atoms with Crippen molar-refractivity contribution in [2.75, 3.05) is 5.73 Å². The first-order chi connectivity index (χ1) is 7.33. The molecule has 1 unspecified atom stereocenters. The van der Waals surface area contributed by atoms with Crippen LogP contribution in [0, 0.1) is 0 Å². The topological polar surface area (TPSA) is 88.2 Å². The van der Waals surface area contributed by atoms with E-state index in [0.29, 0.717) is 5.69 Å². The van der Waals surface area contributed by atoms with Crippen molar-refractivity contribution < 1.29 is 9.90 Å². The van der Waals surface area contributed by atoms with Crippen LogP contribution in [0.3, 0.4) is 0 Å². The molecular formula is C11H17N3O2. The third-order valence-corrected chi connectivity index (χ3v) is 2.50. The highest BCUT2D eigenvalue weighted by Crippen LogP contribution is 2.10. The van der Waals surface area contributed by atoms with E-state index in [1.807, 2.05) is 0 Å². The Morgan fingerprint density at radius 1 is 1.56 bits per heavy atom. The molecule has 1 aromatic heterocycles. The number of amides is 1. The lowest BCUT2D eigenvalue weighted by Crippen LogP contribution is -2.51. The molecule has 1 aromatic rings. The molecule has 0 spiro atoms. The van der Waals surface area contributed by atoms with Crippen LogP contribution in [0.1, 0.15) is 31.3 Å². The lowest BCUT2D eigenvalue weighted by atomic mass is 9.98. The molecule has 0 bridgehead atoms. The van der Waals surface area contributed by atoms with Gasteiger partial charge in [0.25, 0.3) is 5.91 Å². The van der Waals surface area contributed by atoms with Crippen molar-refractivity contribution in [1.82, 2.24) is 10.3 Å². The number of nitrogens with two attached hydrogens (primary N) is 1. The maximum atomic E-state index is 11.8. The molecule has 0 fully saturated rings. The number of hydrogen-bond acceptors (Lipinski definition) is 4. The zero-order valence-electron chi connectivity index (χ0n) is 9.69. The summed E-state index contributed by atoms with van der Waals surface area (Å²) in [6.45, 7) is 5.11. The molecule has 4 N–H and O–H groups in total. The second-order valence-corrected chi connectivity index (χ2v) is 4.33. The predicted molar refractivity (Wildman–Crippen MR) is 61.9 cm³/mol. The first kappa shape index (κ1) is 12.4. The Morgan fingerprint density at radius 2 is 2.19 bits per heavy atom. The fourth-order valence-corrected chi connectivity index (χ4v) is 1.00. The SMILES string of the molecule is CC(O)C(C)(C)NC(=O)c1ccc(N)cn1. The predicted octanol–water partition coefficient (Wildman–Crippen LogP) is 0.553. The summed E-state index contributed by atoms with van der Waals surface area (Å²) in [5.41, 5.74) is 5.56. The van der Waals surface area contributed by atoms with Crippen molar-refractivity contribution in [1.29, 1.82) is 0 Å². The molecule has 1 atom stereocenters. The van der Waals surface area contributed by atoms with Gasteiger partial charge in [-0.3, -0.25) is 4.79 Å². The zero-order chi connectivity index (χ0) is 12.3. The number of rotatable bonds is 3. The van der Waals surface area contributed by atoms with Gasteiger partial charge >= 0.3 is 0 Å². The Kier molecular flexibility index (Phi) is 3.49. The van der Waals surface area contributed by atoms with Gasteiger partial charge in [0, 0.05) is 0 Å². The molecule has 1 amide bonds. The molecule has 88 valence electrons. The Bertz CT molecular complexity index is 371. The number of aliphatic hydroxyl groups excluding tert-OH is 1. The number of carbonyl (C=O) groups is 1. The van der Waals surface area contributed by atoms with Gasteiger partial charge in [0.1, 0.15) is 5.69 Å². The highest BCUT2D eigenvalue weighted by Gasteiger charge is 2.26. The molecule has 1 rings (SSSR count).